The van der Waals surface area contributed by atoms with Crippen LogP contribution in [0.4, 0.5) is 10.8 Å². The molecule has 0 saturated carbocycles. The number of hydrogen-bond donors (Lipinski definition) is 2. The normalized spacial score (nSPS) is 26.9. The molecule has 2 saturated heterocycles. The van der Waals surface area contributed by atoms with Crippen LogP contribution in [0.3, 0.4) is 0 Å². The number of methoxy groups -OCH3 is 1. The van der Waals surface area contributed by atoms with Crippen LogP contribution in [0.1, 0.15) is 12.8 Å². The Balaban J connectivity index is 1.93. The second-order valence-corrected chi connectivity index (χ2v) is 5.41. The number of nitrogen functional groups attached to an aromatic ring is 1. The van der Waals surface area contributed by atoms with Crippen molar-refractivity contribution in [3.05, 3.63) is 0 Å². The average molecular weight is 268 g/mol. The fraction of sp³-hybridized carbons (Fsp3) is 0.636. The Morgan fingerprint density at radius 3 is 3.22 bits per heavy atom. The maximum Gasteiger partial charge on any atom is 0.225 e. The van der Waals surface area contributed by atoms with Gasteiger partial charge >= 0.3 is 0 Å². The van der Waals surface area contributed by atoms with Crippen LogP contribution in [0.5, 0.6) is 5.75 Å². The van der Waals surface area contributed by atoms with Crippen LogP contribution < -0.4 is 20.7 Å². The molecule has 1 aromatic heterocycles. The number of amides is 1. The number of nitrogens with one attached hydrogen (secondary N) is 1. The summed E-state index contributed by atoms with van der Waals surface area (Å²) in [6, 6.07) is 0.208. The van der Waals surface area contributed by atoms with Crippen molar-refractivity contribution in [2.75, 3.05) is 30.8 Å². The molecule has 3 rings (SSSR count). The van der Waals surface area contributed by atoms with E-state index in [1.807, 2.05) is 0 Å². The van der Waals surface area contributed by atoms with Crippen molar-refractivity contribution in [3.8, 4) is 5.75 Å². The van der Waals surface area contributed by atoms with Gasteiger partial charge in [-0.3, -0.25) is 4.79 Å². The molecular weight excluding hydrogens is 252 g/mol. The minimum atomic E-state index is 0.0896. The lowest BCUT2D eigenvalue weighted by molar-refractivity contribution is -0.122. The predicted octanol–water partition coefficient (Wildman–Crippen LogP) is 0.449. The molecule has 18 heavy (non-hydrogen) atoms. The molecule has 0 aromatic carbocycles. The molecule has 2 aliphatic rings. The molecule has 1 amide bonds. The molecule has 0 bridgehead atoms. The second kappa shape index (κ2) is 4.31. The zero-order valence-corrected chi connectivity index (χ0v) is 11.0. The maximum atomic E-state index is 11.7. The van der Waals surface area contributed by atoms with Crippen molar-refractivity contribution in [1.29, 1.82) is 0 Å². The summed E-state index contributed by atoms with van der Waals surface area (Å²) in [6.45, 7) is 1.62. The van der Waals surface area contributed by atoms with Crippen molar-refractivity contribution in [2.45, 2.75) is 18.9 Å². The number of piperidine rings is 1. The Bertz CT molecular complexity index is 476. The number of carbonyl (C=O) groups is 1. The van der Waals surface area contributed by atoms with Gasteiger partial charge in [-0.25, -0.2) is 0 Å². The maximum absolute atomic E-state index is 11.7. The Kier molecular flexibility index (Phi) is 2.77. The molecule has 0 aliphatic carbocycles. The Labute approximate surface area is 109 Å². The minimum absolute atomic E-state index is 0.0896. The summed E-state index contributed by atoms with van der Waals surface area (Å²) >= 11 is 1.34. The topological polar surface area (TPSA) is 80.5 Å². The number of hydrogen-bond acceptors (Lipinski definition) is 6. The first-order valence-electron chi connectivity index (χ1n) is 6.06. The van der Waals surface area contributed by atoms with E-state index in [9.17, 15) is 4.79 Å². The smallest absolute Gasteiger partial charge is 0.225 e. The number of rotatable bonds is 2. The van der Waals surface area contributed by atoms with Crippen molar-refractivity contribution in [3.63, 3.8) is 0 Å². The lowest BCUT2D eigenvalue weighted by atomic mass is 9.92. The van der Waals surface area contributed by atoms with Crippen LogP contribution in [0.2, 0.25) is 0 Å². The molecular formula is C11H16N4O2S. The fourth-order valence-electron chi connectivity index (χ4n) is 2.86. The molecule has 2 unspecified atom stereocenters. The zero-order valence-electron chi connectivity index (χ0n) is 10.2. The monoisotopic (exact) mass is 268 g/mol. The second-order valence-electron chi connectivity index (χ2n) is 4.66. The Morgan fingerprint density at radius 1 is 1.61 bits per heavy atom. The van der Waals surface area contributed by atoms with Crippen LogP contribution in [-0.2, 0) is 4.79 Å². The van der Waals surface area contributed by atoms with Crippen molar-refractivity contribution in [2.24, 2.45) is 5.92 Å². The largest absolute Gasteiger partial charge is 0.490 e. The van der Waals surface area contributed by atoms with Gasteiger partial charge < -0.3 is 20.7 Å². The number of anilines is 2. The molecule has 6 nitrogen and oxygen atoms in total. The third-order valence-corrected chi connectivity index (χ3v) is 4.60. The van der Waals surface area contributed by atoms with Gasteiger partial charge in [0.25, 0.3) is 0 Å². The summed E-state index contributed by atoms with van der Waals surface area (Å²) in [5, 5.41) is 3.88. The molecule has 3 N–H and O–H groups in total. The zero-order chi connectivity index (χ0) is 12.7. The Morgan fingerprint density at radius 2 is 2.44 bits per heavy atom. The number of aromatic nitrogens is 1. The summed E-state index contributed by atoms with van der Waals surface area (Å²) in [4.78, 5) is 14.0. The Hall–Kier alpha value is -1.50. The van der Waals surface area contributed by atoms with E-state index in [1.54, 1.807) is 7.11 Å². The molecule has 2 atom stereocenters. The molecule has 3 heterocycles. The van der Waals surface area contributed by atoms with E-state index in [0.29, 0.717) is 18.1 Å². The molecule has 1 aromatic rings. The van der Waals surface area contributed by atoms with Gasteiger partial charge in [-0.1, -0.05) is 0 Å². The highest BCUT2D eigenvalue weighted by atomic mass is 32.1. The highest BCUT2D eigenvalue weighted by Crippen LogP contribution is 2.42. The van der Waals surface area contributed by atoms with Gasteiger partial charge in [-0.05, 0) is 24.4 Å². The van der Waals surface area contributed by atoms with E-state index in [1.165, 1.54) is 11.5 Å². The van der Waals surface area contributed by atoms with E-state index in [-0.39, 0.29) is 17.9 Å². The number of ether oxygens (including phenoxy) is 1. The number of fused-ring (bicyclic) bond motifs is 1. The molecule has 0 spiro atoms. The lowest BCUT2D eigenvalue weighted by Gasteiger charge is -2.36. The first-order chi connectivity index (χ1) is 8.72. The van der Waals surface area contributed by atoms with Crippen LogP contribution in [0.15, 0.2) is 0 Å². The third-order valence-electron chi connectivity index (χ3n) is 3.72. The van der Waals surface area contributed by atoms with Gasteiger partial charge in [0, 0.05) is 13.1 Å². The van der Waals surface area contributed by atoms with Crippen molar-refractivity contribution < 1.29 is 9.53 Å². The summed E-state index contributed by atoms with van der Waals surface area (Å²) < 4.78 is 9.46. The fourth-order valence-corrected chi connectivity index (χ4v) is 3.73. The van der Waals surface area contributed by atoms with E-state index in [4.69, 9.17) is 10.5 Å². The lowest BCUT2D eigenvalue weighted by Crippen LogP contribution is -2.45. The quantitative estimate of drug-likeness (QED) is 0.814. The van der Waals surface area contributed by atoms with Crippen molar-refractivity contribution in [1.82, 2.24) is 9.69 Å². The number of nitrogens with two attached hydrogens (primary N) is 1. The predicted molar refractivity (Wildman–Crippen MR) is 69.9 cm³/mol. The molecule has 0 radical (unpaired) electrons. The van der Waals surface area contributed by atoms with Crippen LogP contribution in [0, 0.1) is 5.92 Å². The minimum Gasteiger partial charge on any atom is -0.490 e. The van der Waals surface area contributed by atoms with Crippen LogP contribution >= 0.6 is 11.5 Å². The first kappa shape index (κ1) is 11.6. The van der Waals surface area contributed by atoms with Gasteiger partial charge in [0.1, 0.15) is 0 Å². The summed E-state index contributed by atoms with van der Waals surface area (Å²) in [5.41, 5.74) is 5.79. The highest BCUT2D eigenvalue weighted by molar-refractivity contribution is 7.11. The van der Waals surface area contributed by atoms with E-state index in [0.717, 1.165) is 24.4 Å². The number of carbonyl (C=O) groups excluding carboxylic acids is 1. The van der Waals surface area contributed by atoms with Crippen LogP contribution in [0.25, 0.3) is 0 Å². The molecule has 7 heteroatoms. The van der Waals surface area contributed by atoms with E-state index in [2.05, 4.69) is 14.6 Å². The number of nitrogens with zero attached hydrogens (tertiary/aromatic N) is 2. The van der Waals surface area contributed by atoms with E-state index < -0.39 is 0 Å². The van der Waals surface area contributed by atoms with Gasteiger partial charge in [-0.2, -0.15) is 4.37 Å². The van der Waals surface area contributed by atoms with E-state index >= 15 is 0 Å². The molecule has 2 aliphatic heterocycles. The average Bonchev–Trinajstić information content (AvgIpc) is 2.93. The van der Waals surface area contributed by atoms with Gasteiger partial charge in [0.05, 0.1) is 19.1 Å². The first-order valence-corrected chi connectivity index (χ1v) is 6.83. The standard InChI is InChI=1S/C11H16N4O2S/c1-17-8-9(12)14-18-11(8)15-4-2-3-6-7(15)5-13-10(6)16/h6-7H,2-5H2,1H3,(H2,12,14)(H,13,16). The van der Waals surface area contributed by atoms with Crippen LogP contribution in [-0.4, -0.2) is 36.5 Å². The summed E-state index contributed by atoms with van der Waals surface area (Å²) in [6.07, 6.45) is 1.97. The van der Waals surface area contributed by atoms with Gasteiger partial charge in [0.2, 0.25) is 5.91 Å². The third kappa shape index (κ3) is 1.61. The van der Waals surface area contributed by atoms with Gasteiger partial charge in [0.15, 0.2) is 16.6 Å². The molecule has 2 fully saturated rings. The van der Waals surface area contributed by atoms with Crippen molar-refractivity contribution >= 4 is 28.3 Å². The summed E-state index contributed by atoms with van der Waals surface area (Å²) in [5.74, 6) is 1.32. The summed E-state index contributed by atoms with van der Waals surface area (Å²) in [7, 11) is 1.60. The SMILES string of the molecule is COc1c(N)nsc1N1CCCC2C(=O)NCC21. The van der Waals surface area contributed by atoms with Gasteiger partial charge in [-0.15, -0.1) is 0 Å². The molecule has 98 valence electrons. The highest BCUT2D eigenvalue weighted by Gasteiger charge is 2.42.